The third-order valence-electron chi connectivity index (χ3n) is 2.02. The first-order valence-electron chi connectivity index (χ1n) is 4.35. The van der Waals surface area contributed by atoms with Crippen LogP contribution in [0.5, 0.6) is 5.75 Å². The van der Waals surface area contributed by atoms with Crippen LogP contribution in [0.2, 0.25) is 5.02 Å². The van der Waals surface area contributed by atoms with E-state index in [1.807, 2.05) is 0 Å². The summed E-state index contributed by atoms with van der Waals surface area (Å²) in [5.41, 5.74) is -1.01. The molecule has 0 aliphatic carbocycles. The maximum atomic E-state index is 12.5. The summed E-state index contributed by atoms with van der Waals surface area (Å²) in [7, 11) is 1.19. The quantitative estimate of drug-likeness (QED) is 0.619. The van der Waals surface area contributed by atoms with E-state index in [1.54, 1.807) is 0 Å². The predicted molar refractivity (Wildman–Crippen MR) is 61.1 cm³/mol. The number of halogens is 5. The van der Waals surface area contributed by atoms with E-state index in [2.05, 4.69) is 15.9 Å². The number of carbonyl (C=O) groups is 1. The van der Waals surface area contributed by atoms with Crippen molar-refractivity contribution in [2.45, 2.75) is 6.18 Å². The summed E-state index contributed by atoms with van der Waals surface area (Å²) in [5.74, 6) is -0.552. The zero-order chi connectivity index (χ0) is 13.2. The molecule has 1 rings (SSSR count). The van der Waals surface area contributed by atoms with E-state index in [4.69, 9.17) is 16.3 Å². The molecule has 0 saturated heterocycles. The molecule has 0 atom stereocenters. The molecule has 0 aliphatic heterocycles. The summed E-state index contributed by atoms with van der Waals surface area (Å²) in [5, 5.41) is -0.548. The van der Waals surface area contributed by atoms with Gasteiger partial charge in [0.05, 0.1) is 28.6 Å². The first kappa shape index (κ1) is 14.3. The van der Waals surface area contributed by atoms with Gasteiger partial charge in [0, 0.05) is 0 Å². The number of carbonyl (C=O) groups excluding carboxylic acids is 1. The summed E-state index contributed by atoms with van der Waals surface area (Å²) in [6, 6.07) is 1.69. The first-order valence-corrected chi connectivity index (χ1v) is 5.85. The number of benzene rings is 1. The van der Waals surface area contributed by atoms with E-state index >= 15 is 0 Å². The van der Waals surface area contributed by atoms with Gasteiger partial charge in [-0.05, 0) is 12.1 Å². The van der Waals surface area contributed by atoms with Crippen molar-refractivity contribution >= 4 is 33.3 Å². The molecule has 0 spiro atoms. The molecule has 0 aliphatic rings. The second-order valence-corrected chi connectivity index (χ2v) is 4.05. The van der Waals surface area contributed by atoms with Crippen molar-refractivity contribution < 1.29 is 22.7 Å². The summed E-state index contributed by atoms with van der Waals surface area (Å²) in [6.07, 6.45) is -4.58. The van der Waals surface area contributed by atoms with Crippen molar-refractivity contribution in [2.75, 3.05) is 12.4 Å². The van der Waals surface area contributed by atoms with Crippen molar-refractivity contribution in [3.05, 3.63) is 28.3 Å². The molecule has 0 heterocycles. The minimum Gasteiger partial charge on any atom is -0.496 e. The molecule has 0 unspecified atom stereocenters. The maximum absolute atomic E-state index is 12.5. The fourth-order valence-corrected chi connectivity index (χ4v) is 1.80. The smallest absolute Gasteiger partial charge is 0.417 e. The molecule has 1 aromatic carbocycles. The first-order chi connectivity index (χ1) is 7.81. The van der Waals surface area contributed by atoms with E-state index < -0.39 is 22.5 Å². The van der Waals surface area contributed by atoms with Crippen LogP contribution in [0.4, 0.5) is 13.2 Å². The monoisotopic (exact) mass is 330 g/mol. The Kier molecular flexibility index (Phi) is 4.43. The van der Waals surface area contributed by atoms with Gasteiger partial charge in [0.1, 0.15) is 5.75 Å². The van der Waals surface area contributed by atoms with Crippen molar-refractivity contribution in [3.63, 3.8) is 0 Å². The van der Waals surface area contributed by atoms with Gasteiger partial charge in [0.25, 0.3) is 0 Å². The molecule has 0 bridgehead atoms. The molecule has 1 aromatic rings. The van der Waals surface area contributed by atoms with Crippen LogP contribution >= 0.6 is 27.5 Å². The van der Waals surface area contributed by atoms with Crippen LogP contribution in [-0.2, 0) is 6.18 Å². The van der Waals surface area contributed by atoms with Gasteiger partial charge in [0.15, 0.2) is 5.78 Å². The number of alkyl halides is 4. The van der Waals surface area contributed by atoms with Gasteiger partial charge in [-0.3, -0.25) is 4.79 Å². The third-order valence-corrected chi connectivity index (χ3v) is 2.84. The van der Waals surface area contributed by atoms with E-state index in [0.717, 1.165) is 12.1 Å². The van der Waals surface area contributed by atoms with Gasteiger partial charge in [-0.25, -0.2) is 0 Å². The number of ketones is 1. The summed E-state index contributed by atoms with van der Waals surface area (Å²) in [6.45, 7) is 0. The van der Waals surface area contributed by atoms with Crippen LogP contribution in [0.25, 0.3) is 0 Å². The van der Waals surface area contributed by atoms with E-state index in [0.29, 0.717) is 0 Å². The van der Waals surface area contributed by atoms with Gasteiger partial charge in [-0.1, -0.05) is 27.5 Å². The normalized spacial score (nSPS) is 11.4. The molecular formula is C10H7BrClF3O2. The predicted octanol–water partition coefficient (Wildman–Crippen LogP) is 3.95. The second-order valence-electron chi connectivity index (χ2n) is 3.09. The standard InChI is InChI=1S/C10H7BrClF3O2/c1-17-9-3-6(10(13,14)15)7(12)2-5(9)8(16)4-11/h2-3H,4H2,1H3. The minimum absolute atomic E-state index is 0.0161. The Balaban J connectivity index is 3.40. The number of hydrogen-bond donors (Lipinski definition) is 0. The molecule has 94 valence electrons. The van der Waals surface area contributed by atoms with Crippen LogP contribution in [0.1, 0.15) is 15.9 Å². The Hall–Kier alpha value is -0.750. The van der Waals surface area contributed by atoms with Crippen LogP contribution in [0.15, 0.2) is 12.1 Å². The maximum Gasteiger partial charge on any atom is 0.417 e. The lowest BCUT2D eigenvalue weighted by atomic mass is 10.1. The highest BCUT2D eigenvalue weighted by molar-refractivity contribution is 9.09. The fraction of sp³-hybridized carbons (Fsp3) is 0.300. The average molecular weight is 332 g/mol. The molecule has 2 nitrogen and oxygen atoms in total. The highest BCUT2D eigenvalue weighted by Crippen LogP contribution is 2.38. The number of methoxy groups -OCH3 is 1. The van der Waals surface area contributed by atoms with Crippen LogP contribution in [0.3, 0.4) is 0 Å². The minimum atomic E-state index is -4.58. The summed E-state index contributed by atoms with van der Waals surface area (Å²) < 4.78 is 42.4. The highest BCUT2D eigenvalue weighted by Gasteiger charge is 2.34. The topological polar surface area (TPSA) is 26.3 Å². The average Bonchev–Trinajstić information content (AvgIpc) is 2.26. The molecular weight excluding hydrogens is 324 g/mol. The van der Waals surface area contributed by atoms with Gasteiger partial charge >= 0.3 is 6.18 Å². The van der Waals surface area contributed by atoms with Crippen LogP contribution in [-0.4, -0.2) is 18.2 Å². The Morgan fingerprint density at radius 3 is 2.47 bits per heavy atom. The van der Waals surface area contributed by atoms with Gasteiger partial charge in [-0.2, -0.15) is 13.2 Å². The highest BCUT2D eigenvalue weighted by atomic mass is 79.9. The van der Waals surface area contributed by atoms with E-state index in [9.17, 15) is 18.0 Å². The Morgan fingerprint density at radius 1 is 1.47 bits per heavy atom. The molecule has 0 N–H and O–H groups in total. The lowest BCUT2D eigenvalue weighted by Crippen LogP contribution is -2.10. The largest absolute Gasteiger partial charge is 0.496 e. The van der Waals surface area contributed by atoms with Crippen molar-refractivity contribution in [2.24, 2.45) is 0 Å². The zero-order valence-electron chi connectivity index (χ0n) is 8.57. The van der Waals surface area contributed by atoms with Crippen LogP contribution in [0, 0.1) is 0 Å². The molecule has 0 aromatic heterocycles. The van der Waals surface area contributed by atoms with E-state index in [1.165, 1.54) is 7.11 Å². The third kappa shape index (κ3) is 3.13. The molecule has 0 fully saturated rings. The molecule has 0 amide bonds. The lowest BCUT2D eigenvalue weighted by molar-refractivity contribution is -0.137. The number of rotatable bonds is 3. The number of hydrogen-bond acceptors (Lipinski definition) is 2. The summed E-state index contributed by atoms with van der Waals surface area (Å²) in [4.78, 5) is 11.4. The number of ether oxygens (including phenoxy) is 1. The molecule has 17 heavy (non-hydrogen) atoms. The molecule has 0 saturated carbocycles. The molecule has 0 radical (unpaired) electrons. The zero-order valence-corrected chi connectivity index (χ0v) is 10.9. The van der Waals surface area contributed by atoms with Crippen molar-refractivity contribution in [3.8, 4) is 5.75 Å². The second kappa shape index (κ2) is 5.27. The lowest BCUT2D eigenvalue weighted by Gasteiger charge is -2.13. The van der Waals surface area contributed by atoms with Gasteiger partial charge in [-0.15, -0.1) is 0 Å². The Bertz CT molecular complexity index is 446. The molecule has 7 heteroatoms. The summed E-state index contributed by atoms with van der Waals surface area (Å²) >= 11 is 8.43. The van der Waals surface area contributed by atoms with Gasteiger partial charge < -0.3 is 4.74 Å². The van der Waals surface area contributed by atoms with Gasteiger partial charge in [0.2, 0.25) is 0 Å². The Morgan fingerprint density at radius 2 is 2.06 bits per heavy atom. The Labute approximate surface area is 109 Å². The van der Waals surface area contributed by atoms with Crippen LogP contribution < -0.4 is 4.74 Å². The van der Waals surface area contributed by atoms with Crippen molar-refractivity contribution in [1.29, 1.82) is 0 Å². The SMILES string of the molecule is COc1cc(C(F)(F)F)c(Cl)cc1C(=O)CBr. The van der Waals surface area contributed by atoms with Crippen molar-refractivity contribution in [1.82, 2.24) is 0 Å². The fourth-order valence-electron chi connectivity index (χ4n) is 1.23. The van der Waals surface area contributed by atoms with E-state index in [-0.39, 0.29) is 16.6 Å². The number of Topliss-reactive ketones (excluding diaryl/α,β-unsaturated/α-hetero) is 1.